The highest BCUT2D eigenvalue weighted by Crippen LogP contribution is 2.22. The molecule has 53 heavy (non-hydrogen) atoms. The molecule has 0 aliphatic carbocycles. The van der Waals surface area contributed by atoms with Gasteiger partial charge in [0.1, 0.15) is 0 Å². The number of hydrogen-bond donors (Lipinski definition) is 2. The maximum Gasteiger partial charge on any atom is 0.305 e. The lowest BCUT2D eigenvalue weighted by atomic mass is 9.95. The van der Waals surface area contributed by atoms with Crippen LogP contribution < -0.4 is 5.32 Å². The standard InChI is InChI=1S/C47H93NO5/c1-5-9-13-17-19-25-33-43(31-23-15-11-7-3)41-52-46(50)37-29-21-27-35-45(48-39-40-49)36-28-22-30-38-47(51)53-42-44(32-24-16-12-8-4)34-26-20-18-14-10-6-2/h43-45,48-49H,5-42H2,1-4H3. The molecule has 6 heteroatoms. The zero-order chi connectivity index (χ0) is 38.9. The van der Waals surface area contributed by atoms with E-state index in [2.05, 4.69) is 33.0 Å². The van der Waals surface area contributed by atoms with Crippen LogP contribution in [0.2, 0.25) is 0 Å². The van der Waals surface area contributed by atoms with E-state index < -0.39 is 0 Å². The molecule has 2 unspecified atom stereocenters. The highest BCUT2D eigenvalue weighted by molar-refractivity contribution is 5.69. The Morgan fingerprint density at radius 2 is 0.736 bits per heavy atom. The molecular weight excluding hydrogens is 659 g/mol. The van der Waals surface area contributed by atoms with E-state index in [1.54, 1.807) is 0 Å². The highest BCUT2D eigenvalue weighted by atomic mass is 16.5. The number of esters is 2. The van der Waals surface area contributed by atoms with Gasteiger partial charge in [0.2, 0.25) is 0 Å². The van der Waals surface area contributed by atoms with Crippen LogP contribution >= 0.6 is 0 Å². The Bertz CT molecular complexity index is 703. The number of hydrogen-bond acceptors (Lipinski definition) is 6. The molecule has 6 nitrogen and oxygen atoms in total. The van der Waals surface area contributed by atoms with Gasteiger partial charge in [0.25, 0.3) is 0 Å². The SMILES string of the molecule is CCCCCCCCC(CCCCCC)COC(=O)CCCCCC(CCCCCC(=O)OCC(CCCCCC)CCCCCCCC)NCCO. The zero-order valence-corrected chi connectivity index (χ0v) is 36.2. The van der Waals surface area contributed by atoms with Crippen LogP contribution in [0.25, 0.3) is 0 Å². The fourth-order valence-corrected chi connectivity index (χ4v) is 7.63. The van der Waals surface area contributed by atoms with Gasteiger partial charge in [-0.25, -0.2) is 0 Å². The molecule has 0 aromatic heterocycles. The van der Waals surface area contributed by atoms with Crippen molar-refractivity contribution in [3.05, 3.63) is 0 Å². The molecule has 0 bridgehead atoms. The van der Waals surface area contributed by atoms with Crippen molar-refractivity contribution in [3.63, 3.8) is 0 Å². The summed E-state index contributed by atoms with van der Waals surface area (Å²) in [7, 11) is 0. The molecule has 0 rings (SSSR count). The van der Waals surface area contributed by atoms with E-state index in [1.807, 2.05) is 0 Å². The normalized spacial score (nSPS) is 13.2. The smallest absolute Gasteiger partial charge is 0.305 e. The second kappa shape index (κ2) is 42.0. The number of aliphatic hydroxyl groups excluding tert-OH is 1. The summed E-state index contributed by atoms with van der Waals surface area (Å²) in [6, 6.07) is 0.368. The topological polar surface area (TPSA) is 84.9 Å². The largest absolute Gasteiger partial charge is 0.465 e. The number of rotatable bonds is 43. The predicted octanol–water partition coefficient (Wildman–Crippen LogP) is 13.6. The zero-order valence-electron chi connectivity index (χ0n) is 36.2. The minimum atomic E-state index is -0.0275. The Morgan fingerprint density at radius 1 is 0.434 bits per heavy atom. The van der Waals surface area contributed by atoms with Gasteiger partial charge in [-0.3, -0.25) is 9.59 Å². The minimum Gasteiger partial charge on any atom is -0.465 e. The van der Waals surface area contributed by atoms with Crippen LogP contribution in [0.15, 0.2) is 0 Å². The van der Waals surface area contributed by atoms with Crippen LogP contribution in [0, 0.1) is 11.8 Å². The van der Waals surface area contributed by atoms with Gasteiger partial charge in [-0.1, -0.05) is 182 Å². The second-order valence-electron chi connectivity index (χ2n) is 16.5. The molecule has 0 saturated carbocycles. The van der Waals surface area contributed by atoms with Crippen LogP contribution in [0.5, 0.6) is 0 Å². The van der Waals surface area contributed by atoms with E-state index in [0.717, 1.165) is 51.4 Å². The summed E-state index contributed by atoms with van der Waals surface area (Å²) >= 11 is 0. The van der Waals surface area contributed by atoms with Gasteiger partial charge in [-0.05, 0) is 63.2 Å². The monoisotopic (exact) mass is 752 g/mol. The number of aliphatic hydroxyl groups is 1. The Hall–Kier alpha value is -1.14. The Morgan fingerprint density at radius 3 is 1.09 bits per heavy atom. The third kappa shape index (κ3) is 37.6. The number of carbonyl (C=O) groups excluding carboxylic acids is 2. The van der Waals surface area contributed by atoms with Gasteiger partial charge in [0, 0.05) is 25.4 Å². The van der Waals surface area contributed by atoms with E-state index in [-0.39, 0.29) is 18.5 Å². The number of carbonyl (C=O) groups is 2. The summed E-state index contributed by atoms with van der Waals surface area (Å²) in [5, 5.41) is 12.9. The Balaban J connectivity index is 4.31. The molecule has 316 valence electrons. The number of ether oxygens (including phenoxy) is 2. The van der Waals surface area contributed by atoms with Gasteiger partial charge in [0.05, 0.1) is 19.8 Å². The van der Waals surface area contributed by atoms with Gasteiger partial charge in [-0.2, -0.15) is 0 Å². The average Bonchev–Trinajstić information content (AvgIpc) is 3.16. The fourth-order valence-electron chi connectivity index (χ4n) is 7.63. The molecule has 0 heterocycles. The second-order valence-corrected chi connectivity index (χ2v) is 16.5. The maximum absolute atomic E-state index is 12.6. The van der Waals surface area contributed by atoms with E-state index in [9.17, 15) is 14.7 Å². The third-order valence-corrected chi connectivity index (χ3v) is 11.2. The van der Waals surface area contributed by atoms with E-state index >= 15 is 0 Å². The summed E-state index contributed by atoms with van der Waals surface area (Å²) in [5.74, 6) is 0.979. The third-order valence-electron chi connectivity index (χ3n) is 11.2. The van der Waals surface area contributed by atoms with Crippen LogP contribution in [0.1, 0.15) is 246 Å². The van der Waals surface area contributed by atoms with Gasteiger partial charge < -0.3 is 19.9 Å². The summed E-state index contributed by atoms with van der Waals surface area (Å²) in [5.41, 5.74) is 0. The quantitative estimate of drug-likeness (QED) is 0.0477. The van der Waals surface area contributed by atoms with Crippen molar-refractivity contribution >= 4 is 11.9 Å². The molecule has 0 aliphatic heterocycles. The lowest BCUT2D eigenvalue weighted by molar-refractivity contribution is -0.146. The molecule has 0 fully saturated rings. The van der Waals surface area contributed by atoms with Crippen molar-refractivity contribution in [2.75, 3.05) is 26.4 Å². The van der Waals surface area contributed by atoms with Crippen molar-refractivity contribution in [3.8, 4) is 0 Å². The van der Waals surface area contributed by atoms with Crippen molar-refractivity contribution < 1.29 is 24.2 Å². The first-order chi connectivity index (χ1) is 26.0. The van der Waals surface area contributed by atoms with Crippen LogP contribution in [0.3, 0.4) is 0 Å². The first-order valence-corrected chi connectivity index (χ1v) is 23.7. The molecule has 0 spiro atoms. The lowest BCUT2D eigenvalue weighted by Gasteiger charge is -2.19. The number of nitrogens with one attached hydrogen (secondary N) is 1. The van der Waals surface area contributed by atoms with Gasteiger partial charge >= 0.3 is 11.9 Å². The summed E-state index contributed by atoms with van der Waals surface area (Å²) in [4.78, 5) is 25.2. The molecule has 0 radical (unpaired) electrons. The first-order valence-electron chi connectivity index (χ1n) is 23.7. The molecule has 0 aliphatic rings. The van der Waals surface area contributed by atoms with E-state index in [0.29, 0.717) is 50.5 Å². The van der Waals surface area contributed by atoms with E-state index in [4.69, 9.17) is 9.47 Å². The van der Waals surface area contributed by atoms with E-state index in [1.165, 1.54) is 154 Å². The Labute approximate surface area is 330 Å². The fraction of sp³-hybridized carbons (Fsp3) is 0.957. The van der Waals surface area contributed by atoms with Crippen molar-refractivity contribution in [2.24, 2.45) is 11.8 Å². The van der Waals surface area contributed by atoms with Crippen LogP contribution in [-0.4, -0.2) is 49.5 Å². The van der Waals surface area contributed by atoms with Crippen molar-refractivity contribution in [2.45, 2.75) is 252 Å². The molecule has 0 aromatic carbocycles. The molecule has 2 N–H and O–H groups in total. The minimum absolute atomic E-state index is 0.0275. The lowest BCUT2D eigenvalue weighted by Crippen LogP contribution is -2.31. The maximum atomic E-state index is 12.6. The summed E-state index contributed by atoms with van der Waals surface area (Å²) < 4.78 is 11.6. The first kappa shape index (κ1) is 51.9. The molecule has 0 amide bonds. The number of unbranched alkanes of at least 4 members (excludes halogenated alkanes) is 20. The van der Waals surface area contributed by atoms with Crippen molar-refractivity contribution in [1.29, 1.82) is 0 Å². The van der Waals surface area contributed by atoms with Crippen LogP contribution in [0.4, 0.5) is 0 Å². The summed E-state index contributed by atoms with van der Waals surface area (Å²) in [6.07, 6.45) is 39.8. The molecule has 0 saturated heterocycles. The van der Waals surface area contributed by atoms with Crippen LogP contribution in [-0.2, 0) is 19.1 Å². The molecular formula is C47H93NO5. The average molecular weight is 752 g/mol. The van der Waals surface area contributed by atoms with Crippen molar-refractivity contribution in [1.82, 2.24) is 5.32 Å². The predicted molar refractivity (Wildman–Crippen MR) is 227 cm³/mol. The Kier molecular flexibility index (Phi) is 41.1. The summed E-state index contributed by atoms with van der Waals surface area (Å²) in [6.45, 7) is 11.0. The highest BCUT2D eigenvalue weighted by Gasteiger charge is 2.15. The molecule has 2 atom stereocenters. The van der Waals surface area contributed by atoms with Gasteiger partial charge in [-0.15, -0.1) is 0 Å². The molecule has 0 aromatic rings. The van der Waals surface area contributed by atoms with Gasteiger partial charge in [0.15, 0.2) is 0 Å².